The van der Waals surface area contributed by atoms with E-state index in [0.29, 0.717) is 17.9 Å². The summed E-state index contributed by atoms with van der Waals surface area (Å²) in [5.74, 6) is -0.635. The number of carbonyl (C=O) groups is 2. The molecule has 0 aliphatic heterocycles. The van der Waals surface area contributed by atoms with Crippen LogP contribution < -0.4 is 15.4 Å². The fourth-order valence-corrected chi connectivity index (χ4v) is 2.55. The monoisotopic (exact) mass is 397 g/mol. The van der Waals surface area contributed by atoms with Gasteiger partial charge in [-0.05, 0) is 30.2 Å². The van der Waals surface area contributed by atoms with E-state index in [9.17, 15) is 19.7 Å². The van der Waals surface area contributed by atoms with Gasteiger partial charge >= 0.3 is 0 Å². The molecule has 0 heterocycles. The summed E-state index contributed by atoms with van der Waals surface area (Å²) in [5, 5.41) is 16.3. The number of nitro groups is 1. The van der Waals surface area contributed by atoms with Gasteiger partial charge in [-0.15, -0.1) is 0 Å². The third-order valence-corrected chi connectivity index (χ3v) is 4.05. The van der Waals surface area contributed by atoms with Gasteiger partial charge in [0.1, 0.15) is 11.4 Å². The average molecular weight is 397 g/mol. The second-order valence-electron chi connectivity index (χ2n) is 6.17. The van der Waals surface area contributed by atoms with Gasteiger partial charge in [0.15, 0.2) is 0 Å². The van der Waals surface area contributed by atoms with Crippen LogP contribution in [-0.2, 0) is 4.79 Å². The molecule has 0 spiro atoms. The summed E-state index contributed by atoms with van der Waals surface area (Å²) in [6.45, 7) is 2.45. The topological polar surface area (TPSA) is 111 Å². The van der Waals surface area contributed by atoms with E-state index in [4.69, 9.17) is 4.74 Å². The van der Waals surface area contributed by atoms with Crippen LogP contribution in [0.1, 0.15) is 35.7 Å². The number of methoxy groups -OCH3 is 1. The summed E-state index contributed by atoms with van der Waals surface area (Å²) < 4.78 is 5.19. The van der Waals surface area contributed by atoms with Crippen LogP contribution in [0.3, 0.4) is 0 Å². The Bertz CT molecular complexity index is 924. The van der Waals surface area contributed by atoms with Crippen molar-refractivity contribution in [3.05, 3.63) is 75.5 Å². The van der Waals surface area contributed by atoms with E-state index >= 15 is 0 Å². The normalized spacial score (nSPS) is 10.9. The first-order chi connectivity index (χ1) is 14.0. The quantitative estimate of drug-likeness (QED) is 0.292. The minimum Gasteiger partial charge on any atom is -0.496 e. The highest BCUT2D eigenvalue weighted by atomic mass is 16.6. The molecule has 0 saturated carbocycles. The number of unbranched alkanes of at least 4 members (excludes halogenated alkanes) is 1. The predicted octanol–water partition coefficient (Wildman–Crippen LogP) is 3.29. The zero-order valence-corrected chi connectivity index (χ0v) is 16.3. The zero-order valence-electron chi connectivity index (χ0n) is 16.3. The molecule has 0 aliphatic carbocycles. The number of rotatable bonds is 9. The molecule has 2 aromatic rings. The number of hydrogen-bond acceptors (Lipinski definition) is 5. The zero-order chi connectivity index (χ0) is 21.2. The van der Waals surface area contributed by atoms with Gasteiger partial charge in [-0.25, -0.2) is 0 Å². The molecule has 29 heavy (non-hydrogen) atoms. The Labute approximate surface area is 168 Å². The molecule has 0 fully saturated rings. The fourth-order valence-electron chi connectivity index (χ4n) is 2.55. The number of nitrogens with zero attached hydrogens (tertiary/aromatic N) is 1. The molecule has 0 aliphatic rings. The maximum absolute atomic E-state index is 12.7. The van der Waals surface area contributed by atoms with E-state index in [2.05, 4.69) is 10.6 Å². The Kier molecular flexibility index (Phi) is 7.90. The molecule has 0 atom stereocenters. The average Bonchev–Trinajstić information content (AvgIpc) is 2.73. The van der Waals surface area contributed by atoms with Crippen LogP contribution in [0.5, 0.6) is 5.75 Å². The Morgan fingerprint density at radius 1 is 1.17 bits per heavy atom. The minimum atomic E-state index is -0.523. The number of para-hydroxylation sites is 1. The molecule has 8 nitrogen and oxygen atoms in total. The van der Waals surface area contributed by atoms with E-state index in [1.807, 2.05) is 6.92 Å². The van der Waals surface area contributed by atoms with Crippen molar-refractivity contribution >= 4 is 23.6 Å². The molecular weight excluding hydrogens is 374 g/mol. The number of non-ortho nitro benzene ring substituents is 1. The highest BCUT2D eigenvalue weighted by molar-refractivity contribution is 6.06. The molecule has 8 heteroatoms. The predicted molar refractivity (Wildman–Crippen MR) is 109 cm³/mol. The van der Waals surface area contributed by atoms with E-state index in [1.165, 1.54) is 31.4 Å². The Morgan fingerprint density at radius 3 is 2.62 bits per heavy atom. The lowest BCUT2D eigenvalue weighted by molar-refractivity contribution is -0.384. The highest BCUT2D eigenvalue weighted by Gasteiger charge is 2.17. The highest BCUT2D eigenvalue weighted by Crippen LogP contribution is 2.19. The first-order valence-electron chi connectivity index (χ1n) is 9.15. The Hall–Kier alpha value is -3.68. The van der Waals surface area contributed by atoms with Crippen LogP contribution in [0.15, 0.2) is 54.2 Å². The maximum atomic E-state index is 12.7. The van der Waals surface area contributed by atoms with Crippen molar-refractivity contribution < 1.29 is 19.2 Å². The number of nitro benzene ring substituents is 1. The number of nitrogens with one attached hydrogen (secondary N) is 2. The second-order valence-corrected chi connectivity index (χ2v) is 6.17. The molecule has 0 radical (unpaired) electrons. The lowest BCUT2D eigenvalue weighted by Crippen LogP contribution is -2.35. The fraction of sp³-hybridized carbons (Fsp3) is 0.238. The van der Waals surface area contributed by atoms with Gasteiger partial charge < -0.3 is 15.4 Å². The van der Waals surface area contributed by atoms with Crippen molar-refractivity contribution in [2.75, 3.05) is 13.7 Å². The molecule has 2 N–H and O–H groups in total. The van der Waals surface area contributed by atoms with Crippen molar-refractivity contribution in [1.82, 2.24) is 10.6 Å². The summed E-state index contributed by atoms with van der Waals surface area (Å²) in [6.07, 6.45) is 3.09. The molecule has 0 saturated heterocycles. The first-order valence-corrected chi connectivity index (χ1v) is 9.15. The molecule has 2 aromatic carbocycles. The van der Waals surface area contributed by atoms with Gasteiger partial charge in [0.2, 0.25) is 0 Å². The van der Waals surface area contributed by atoms with E-state index in [0.717, 1.165) is 12.8 Å². The van der Waals surface area contributed by atoms with Crippen LogP contribution in [0, 0.1) is 10.1 Å². The van der Waals surface area contributed by atoms with Gasteiger partial charge in [-0.2, -0.15) is 0 Å². The van der Waals surface area contributed by atoms with Crippen molar-refractivity contribution in [3.8, 4) is 5.75 Å². The lowest BCUT2D eigenvalue weighted by Gasteiger charge is -2.12. The van der Waals surface area contributed by atoms with Gasteiger partial charge in [0, 0.05) is 18.7 Å². The van der Waals surface area contributed by atoms with Gasteiger partial charge in [0.25, 0.3) is 17.5 Å². The second kappa shape index (κ2) is 10.6. The van der Waals surface area contributed by atoms with Crippen LogP contribution >= 0.6 is 0 Å². The number of hydrogen-bond donors (Lipinski definition) is 2. The van der Waals surface area contributed by atoms with Crippen molar-refractivity contribution in [2.45, 2.75) is 19.8 Å². The van der Waals surface area contributed by atoms with Crippen molar-refractivity contribution in [1.29, 1.82) is 0 Å². The standard InChI is InChI=1S/C21H23N3O5/c1-3-4-12-22-21(26)18(14-15-8-7-9-16(13-15)24(27)28)23-20(25)17-10-5-6-11-19(17)29-2/h5-11,13-14H,3-4,12H2,1-2H3,(H,22,26)(H,23,25)/b18-14+. The number of benzene rings is 2. The number of carbonyl (C=O) groups excluding carboxylic acids is 2. The van der Waals surface area contributed by atoms with E-state index in [-0.39, 0.29) is 16.9 Å². The summed E-state index contributed by atoms with van der Waals surface area (Å²) in [4.78, 5) is 35.8. The molecular formula is C21H23N3O5. The SMILES string of the molecule is CCCCNC(=O)/C(=C\c1cccc([N+](=O)[O-])c1)NC(=O)c1ccccc1OC. The molecule has 2 rings (SSSR count). The summed E-state index contributed by atoms with van der Waals surface area (Å²) in [6, 6.07) is 12.4. The van der Waals surface area contributed by atoms with Crippen LogP contribution in [0.25, 0.3) is 6.08 Å². The third kappa shape index (κ3) is 6.17. The van der Waals surface area contributed by atoms with E-state index < -0.39 is 16.7 Å². The van der Waals surface area contributed by atoms with Gasteiger partial charge in [-0.3, -0.25) is 19.7 Å². The largest absolute Gasteiger partial charge is 0.496 e. The molecule has 0 unspecified atom stereocenters. The Morgan fingerprint density at radius 2 is 1.93 bits per heavy atom. The van der Waals surface area contributed by atoms with Gasteiger partial charge in [0.05, 0.1) is 17.6 Å². The van der Waals surface area contributed by atoms with E-state index in [1.54, 1.807) is 30.3 Å². The number of ether oxygens (including phenoxy) is 1. The van der Waals surface area contributed by atoms with Crippen molar-refractivity contribution in [3.63, 3.8) is 0 Å². The lowest BCUT2D eigenvalue weighted by atomic mass is 10.1. The van der Waals surface area contributed by atoms with Crippen molar-refractivity contribution in [2.24, 2.45) is 0 Å². The maximum Gasteiger partial charge on any atom is 0.270 e. The number of amides is 2. The van der Waals surface area contributed by atoms with Gasteiger partial charge in [-0.1, -0.05) is 37.6 Å². The summed E-state index contributed by atoms with van der Waals surface area (Å²) in [7, 11) is 1.45. The molecule has 152 valence electrons. The third-order valence-electron chi connectivity index (χ3n) is 4.05. The minimum absolute atomic E-state index is 0.0162. The first kappa shape index (κ1) is 21.6. The molecule has 0 bridgehead atoms. The van der Waals surface area contributed by atoms with Crippen LogP contribution in [0.2, 0.25) is 0 Å². The van der Waals surface area contributed by atoms with Crippen LogP contribution in [-0.4, -0.2) is 30.4 Å². The molecule has 0 aromatic heterocycles. The molecule has 2 amide bonds. The Balaban J connectivity index is 2.34. The summed E-state index contributed by atoms with van der Waals surface area (Å²) in [5.41, 5.74) is 0.555. The summed E-state index contributed by atoms with van der Waals surface area (Å²) >= 11 is 0. The van der Waals surface area contributed by atoms with Crippen LogP contribution in [0.4, 0.5) is 5.69 Å². The smallest absolute Gasteiger partial charge is 0.270 e.